The number of fused-ring (bicyclic) bond motifs is 3. The molecule has 4 aliphatic rings. The summed E-state index contributed by atoms with van der Waals surface area (Å²) in [5, 5.41) is 0. The maximum atomic E-state index is 12.4. The second kappa shape index (κ2) is 3.83. The van der Waals surface area contributed by atoms with E-state index in [4.69, 9.17) is 4.74 Å². The van der Waals surface area contributed by atoms with Gasteiger partial charge < -0.3 is 4.74 Å². The maximum absolute atomic E-state index is 12.4. The van der Waals surface area contributed by atoms with E-state index in [0.717, 1.165) is 23.4 Å². The number of carbonyl (C=O) groups is 1. The number of nitrogens with zero attached hydrogens (tertiary/aromatic N) is 1. The van der Waals surface area contributed by atoms with Crippen molar-refractivity contribution in [2.75, 3.05) is 19.6 Å². The molecule has 1 aromatic carbocycles. The summed E-state index contributed by atoms with van der Waals surface area (Å²) in [5.74, 6) is 1.62. The van der Waals surface area contributed by atoms with Crippen LogP contribution in [0, 0.1) is 12.8 Å². The van der Waals surface area contributed by atoms with Crippen LogP contribution in [-0.2, 0) is 0 Å². The lowest BCUT2D eigenvalue weighted by atomic mass is 9.71. The van der Waals surface area contributed by atoms with Gasteiger partial charge in [0.05, 0.1) is 12.0 Å². The first-order valence-electron chi connectivity index (χ1n) is 7.21. The van der Waals surface area contributed by atoms with Gasteiger partial charge in [0.25, 0.3) is 0 Å². The summed E-state index contributed by atoms with van der Waals surface area (Å²) in [5.41, 5.74) is 1.69. The van der Waals surface area contributed by atoms with Crippen LogP contribution in [0.2, 0.25) is 0 Å². The van der Waals surface area contributed by atoms with Crippen molar-refractivity contribution in [3.05, 3.63) is 29.3 Å². The number of carbonyl (C=O) groups excluding carboxylic acids is 1. The van der Waals surface area contributed by atoms with Crippen molar-refractivity contribution in [1.82, 2.24) is 4.90 Å². The van der Waals surface area contributed by atoms with Gasteiger partial charge in [-0.3, -0.25) is 9.69 Å². The third kappa shape index (κ3) is 1.64. The zero-order valence-electron chi connectivity index (χ0n) is 11.3. The molecular weight excluding hydrogens is 238 g/mol. The van der Waals surface area contributed by atoms with E-state index in [9.17, 15) is 4.79 Å². The molecule has 0 saturated carbocycles. The van der Waals surface area contributed by atoms with E-state index in [-0.39, 0.29) is 11.4 Å². The quantitative estimate of drug-likeness (QED) is 0.715. The molecule has 0 amide bonds. The van der Waals surface area contributed by atoms with Crippen molar-refractivity contribution in [2.45, 2.75) is 31.8 Å². The summed E-state index contributed by atoms with van der Waals surface area (Å²) in [7, 11) is 0. The van der Waals surface area contributed by atoms with Crippen molar-refractivity contribution >= 4 is 5.78 Å². The van der Waals surface area contributed by atoms with Gasteiger partial charge in [-0.05, 0) is 50.6 Å². The summed E-state index contributed by atoms with van der Waals surface area (Å²) < 4.78 is 6.38. The number of ketones is 1. The van der Waals surface area contributed by atoms with Gasteiger partial charge in [-0.15, -0.1) is 0 Å². The second-order valence-corrected chi connectivity index (χ2v) is 6.32. The predicted octanol–water partition coefficient (Wildman–Crippen LogP) is 2.42. The van der Waals surface area contributed by atoms with Gasteiger partial charge in [0.1, 0.15) is 11.4 Å². The minimum atomic E-state index is -0.242. The van der Waals surface area contributed by atoms with Crippen molar-refractivity contribution < 1.29 is 9.53 Å². The van der Waals surface area contributed by atoms with Crippen LogP contribution < -0.4 is 4.74 Å². The van der Waals surface area contributed by atoms with E-state index in [1.165, 1.54) is 25.9 Å². The smallest absolute Gasteiger partial charge is 0.170 e. The Hall–Kier alpha value is -1.35. The topological polar surface area (TPSA) is 29.5 Å². The molecule has 3 heteroatoms. The zero-order valence-corrected chi connectivity index (χ0v) is 11.3. The number of hydrogen-bond acceptors (Lipinski definition) is 3. The van der Waals surface area contributed by atoms with E-state index >= 15 is 0 Å². The van der Waals surface area contributed by atoms with Gasteiger partial charge in [-0.25, -0.2) is 0 Å². The largest absolute Gasteiger partial charge is 0.484 e. The Labute approximate surface area is 113 Å². The normalized spacial score (nSPS) is 36.2. The fraction of sp³-hybridized carbons (Fsp3) is 0.562. The first-order valence-corrected chi connectivity index (χ1v) is 7.21. The average molecular weight is 257 g/mol. The van der Waals surface area contributed by atoms with Crippen molar-refractivity contribution in [1.29, 1.82) is 0 Å². The van der Waals surface area contributed by atoms with Crippen LogP contribution in [0.4, 0.5) is 0 Å². The van der Waals surface area contributed by atoms with E-state index in [1.807, 2.05) is 25.1 Å². The fourth-order valence-electron chi connectivity index (χ4n) is 4.01. The highest BCUT2D eigenvalue weighted by Gasteiger charge is 2.52. The molecule has 0 aromatic heterocycles. The molecule has 3 nitrogen and oxygen atoms in total. The molecular formula is C16H19NO2. The fourth-order valence-corrected chi connectivity index (χ4v) is 4.01. The molecule has 100 valence electrons. The molecule has 1 spiro atoms. The third-order valence-electron chi connectivity index (χ3n) is 5.03. The Morgan fingerprint density at radius 2 is 2.11 bits per heavy atom. The first-order chi connectivity index (χ1) is 9.16. The summed E-state index contributed by atoms with van der Waals surface area (Å²) >= 11 is 0. The van der Waals surface area contributed by atoms with Crippen LogP contribution in [0.25, 0.3) is 0 Å². The van der Waals surface area contributed by atoms with Crippen LogP contribution in [-0.4, -0.2) is 35.9 Å². The molecule has 4 aliphatic heterocycles. The van der Waals surface area contributed by atoms with Crippen molar-refractivity contribution in [3.8, 4) is 5.75 Å². The van der Waals surface area contributed by atoms with Crippen molar-refractivity contribution in [2.24, 2.45) is 5.92 Å². The minimum Gasteiger partial charge on any atom is -0.484 e. The maximum Gasteiger partial charge on any atom is 0.170 e. The highest BCUT2D eigenvalue weighted by molar-refractivity contribution is 6.00. The molecule has 1 atom stereocenters. The van der Waals surface area contributed by atoms with Crippen LogP contribution in [0.1, 0.15) is 35.2 Å². The minimum absolute atomic E-state index is 0.242. The summed E-state index contributed by atoms with van der Waals surface area (Å²) in [6.45, 7) is 5.32. The Bertz CT molecular complexity index is 546. The highest BCUT2D eigenvalue weighted by Crippen LogP contribution is 2.45. The Kier molecular flexibility index (Phi) is 2.31. The lowest BCUT2D eigenvalue weighted by Crippen LogP contribution is -2.63. The average Bonchev–Trinajstić information content (AvgIpc) is 2.39. The number of aryl methyl sites for hydroxylation is 1. The number of ether oxygens (including phenoxy) is 1. The summed E-state index contributed by atoms with van der Waals surface area (Å²) in [6, 6.07) is 5.93. The number of piperidine rings is 3. The number of benzene rings is 1. The number of hydrogen-bond donors (Lipinski definition) is 0. The standard InChI is InChI=1S/C16H19NO2/c1-11-2-3-13-14(18)9-16(19-15(13)8-11)10-17-6-4-12(16)5-7-17/h2-3,8,12H,4-7,9-10H2,1H3/t16-/m1/s1. The van der Waals surface area contributed by atoms with E-state index < -0.39 is 0 Å². The van der Waals surface area contributed by atoms with Gasteiger partial charge in [-0.2, -0.15) is 0 Å². The lowest BCUT2D eigenvalue weighted by molar-refractivity contribution is -0.0959. The number of rotatable bonds is 0. The van der Waals surface area contributed by atoms with E-state index in [2.05, 4.69) is 4.90 Å². The molecule has 19 heavy (non-hydrogen) atoms. The van der Waals surface area contributed by atoms with Gasteiger partial charge in [0, 0.05) is 12.5 Å². The van der Waals surface area contributed by atoms with Gasteiger partial charge in [-0.1, -0.05) is 6.07 Å². The Morgan fingerprint density at radius 3 is 2.79 bits per heavy atom. The molecule has 3 saturated heterocycles. The van der Waals surface area contributed by atoms with Gasteiger partial charge in [0.2, 0.25) is 0 Å². The molecule has 0 aliphatic carbocycles. The van der Waals surface area contributed by atoms with Gasteiger partial charge in [0.15, 0.2) is 5.78 Å². The summed E-state index contributed by atoms with van der Waals surface area (Å²) in [4.78, 5) is 14.9. The van der Waals surface area contributed by atoms with Crippen LogP contribution >= 0.6 is 0 Å². The SMILES string of the molecule is Cc1ccc2c(c1)O[C@]1(CC2=O)CN2CCC1CC2. The predicted molar refractivity (Wildman–Crippen MR) is 72.6 cm³/mol. The molecule has 0 unspecified atom stereocenters. The molecule has 5 rings (SSSR count). The molecule has 2 bridgehead atoms. The van der Waals surface area contributed by atoms with Crippen molar-refractivity contribution in [3.63, 3.8) is 0 Å². The Morgan fingerprint density at radius 1 is 1.32 bits per heavy atom. The Balaban J connectivity index is 1.76. The zero-order chi connectivity index (χ0) is 13.0. The van der Waals surface area contributed by atoms with Gasteiger partial charge >= 0.3 is 0 Å². The molecule has 0 radical (unpaired) electrons. The van der Waals surface area contributed by atoms with Crippen LogP contribution in [0.3, 0.4) is 0 Å². The second-order valence-electron chi connectivity index (χ2n) is 6.32. The molecule has 1 aromatic rings. The van der Waals surface area contributed by atoms with Crippen LogP contribution in [0.5, 0.6) is 5.75 Å². The van der Waals surface area contributed by atoms with E-state index in [0.29, 0.717) is 12.3 Å². The summed E-state index contributed by atoms with van der Waals surface area (Å²) in [6.07, 6.45) is 2.91. The molecule has 4 heterocycles. The highest BCUT2D eigenvalue weighted by atomic mass is 16.5. The molecule has 3 fully saturated rings. The third-order valence-corrected chi connectivity index (χ3v) is 5.03. The lowest BCUT2D eigenvalue weighted by Gasteiger charge is -2.54. The monoisotopic (exact) mass is 257 g/mol. The van der Waals surface area contributed by atoms with Crippen LogP contribution in [0.15, 0.2) is 18.2 Å². The van der Waals surface area contributed by atoms with E-state index in [1.54, 1.807) is 0 Å². The number of Topliss-reactive ketones (excluding diaryl/α,β-unsaturated/α-hetero) is 1. The first kappa shape index (κ1) is 11.5. The molecule has 0 N–H and O–H groups in total.